The van der Waals surface area contributed by atoms with Crippen LogP contribution in [0.25, 0.3) is 10.8 Å². The van der Waals surface area contributed by atoms with E-state index in [0.717, 1.165) is 47.2 Å². The highest BCUT2D eigenvalue weighted by molar-refractivity contribution is 6.00. The number of carbonyl (C=O) groups is 1. The fourth-order valence-electron chi connectivity index (χ4n) is 3.07. The Hall–Kier alpha value is -2.30. The molecular weight excluding hydrogens is 266 g/mol. The highest BCUT2D eigenvalue weighted by Crippen LogP contribution is 2.32. The zero-order chi connectivity index (χ0) is 15.0. The van der Waals surface area contributed by atoms with Crippen molar-refractivity contribution in [2.75, 3.05) is 23.7 Å². The summed E-state index contributed by atoms with van der Waals surface area (Å²) in [7, 11) is 0. The van der Waals surface area contributed by atoms with Gasteiger partial charge in [-0.3, -0.25) is 4.79 Å². The highest BCUT2D eigenvalue weighted by Gasteiger charge is 2.27. The number of pyridine rings is 1. The summed E-state index contributed by atoms with van der Waals surface area (Å²) in [6, 6.07) is 5.92. The first-order valence-electron chi connectivity index (χ1n) is 7.19. The number of nitrogens with zero attached hydrogens (tertiary/aromatic N) is 2. The van der Waals surface area contributed by atoms with E-state index in [1.807, 2.05) is 19.1 Å². The molecule has 3 rings (SSSR count). The molecule has 110 valence electrons. The molecule has 2 aromatic rings. The molecule has 0 saturated carbocycles. The number of anilines is 2. The average molecular weight is 285 g/mol. The second-order valence-corrected chi connectivity index (χ2v) is 5.71. The van der Waals surface area contributed by atoms with E-state index in [4.69, 9.17) is 5.73 Å². The van der Waals surface area contributed by atoms with Crippen molar-refractivity contribution < 1.29 is 9.90 Å². The van der Waals surface area contributed by atoms with E-state index in [0.29, 0.717) is 6.54 Å². The first-order chi connectivity index (χ1) is 10.1. The Morgan fingerprint density at radius 1 is 1.43 bits per heavy atom. The van der Waals surface area contributed by atoms with Crippen molar-refractivity contribution in [2.45, 2.75) is 19.8 Å². The van der Waals surface area contributed by atoms with Crippen molar-refractivity contribution in [1.29, 1.82) is 0 Å². The summed E-state index contributed by atoms with van der Waals surface area (Å²) in [5.74, 6) is -0.206. The SMILES string of the molecule is Cc1cc(N)c2ccnc(N3CCCC(C(=O)O)C3)c2c1. The molecule has 1 aliphatic rings. The summed E-state index contributed by atoms with van der Waals surface area (Å²) in [6.07, 6.45) is 3.35. The highest BCUT2D eigenvalue weighted by atomic mass is 16.4. The predicted octanol–water partition coefficient (Wildman–Crippen LogP) is 2.43. The largest absolute Gasteiger partial charge is 0.481 e. The second kappa shape index (κ2) is 5.24. The van der Waals surface area contributed by atoms with Crippen molar-refractivity contribution in [1.82, 2.24) is 4.98 Å². The van der Waals surface area contributed by atoms with E-state index >= 15 is 0 Å². The Kier molecular flexibility index (Phi) is 3.41. The van der Waals surface area contributed by atoms with Crippen LogP contribution in [0.2, 0.25) is 0 Å². The van der Waals surface area contributed by atoms with E-state index in [9.17, 15) is 9.90 Å². The van der Waals surface area contributed by atoms with Crippen molar-refractivity contribution >= 4 is 28.2 Å². The van der Waals surface area contributed by atoms with Gasteiger partial charge in [0.05, 0.1) is 5.92 Å². The van der Waals surface area contributed by atoms with Crippen LogP contribution in [0.1, 0.15) is 18.4 Å². The number of fused-ring (bicyclic) bond motifs is 1. The van der Waals surface area contributed by atoms with E-state index in [1.54, 1.807) is 6.20 Å². The van der Waals surface area contributed by atoms with Crippen LogP contribution in [0, 0.1) is 12.8 Å². The van der Waals surface area contributed by atoms with Gasteiger partial charge in [-0.05, 0) is 43.5 Å². The molecule has 3 N–H and O–H groups in total. The zero-order valence-corrected chi connectivity index (χ0v) is 12.0. The molecule has 1 unspecified atom stereocenters. The first-order valence-corrected chi connectivity index (χ1v) is 7.19. The van der Waals surface area contributed by atoms with Crippen LogP contribution in [0.15, 0.2) is 24.4 Å². The number of piperidine rings is 1. The van der Waals surface area contributed by atoms with Crippen molar-refractivity contribution in [2.24, 2.45) is 5.92 Å². The maximum absolute atomic E-state index is 11.2. The third-order valence-electron chi connectivity index (χ3n) is 4.11. The van der Waals surface area contributed by atoms with Gasteiger partial charge in [-0.15, -0.1) is 0 Å². The second-order valence-electron chi connectivity index (χ2n) is 5.71. The average Bonchev–Trinajstić information content (AvgIpc) is 2.46. The summed E-state index contributed by atoms with van der Waals surface area (Å²) >= 11 is 0. The number of benzene rings is 1. The van der Waals surface area contributed by atoms with E-state index < -0.39 is 5.97 Å². The molecule has 1 saturated heterocycles. The molecule has 0 amide bonds. The van der Waals surface area contributed by atoms with Crippen LogP contribution < -0.4 is 10.6 Å². The smallest absolute Gasteiger partial charge is 0.308 e. The summed E-state index contributed by atoms with van der Waals surface area (Å²) in [4.78, 5) is 17.8. The summed E-state index contributed by atoms with van der Waals surface area (Å²) in [6.45, 7) is 3.35. The molecule has 2 heterocycles. The number of carboxylic acid groups (broad SMARTS) is 1. The number of nitrogen functional groups attached to an aromatic ring is 1. The molecule has 1 aliphatic heterocycles. The minimum absolute atomic E-state index is 0.321. The number of rotatable bonds is 2. The van der Waals surface area contributed by atoms with Gasteiger partial charge in [0, 0.05) is 35.7 Å². The Labute approximate surface area is 123 Å². The standard InChI is InChI=1S/C16H19N3O2/c1-10-7-13-12(14(17)8-10)4-5-18-15(13)19-6-2-3-11(9-19)16(20)21/h4-5,7-8,11H,2-3,6,9,17H2,1H3,(H,20,21). The first kappa shape index (κ1) is 13.7. The molecule has 5 nitrogen and oxygen atoms in total. The van der Waals surface area contributed by atoms with E-state index in [-0.39, 0.29) is 5.92 Å². The number of aliphatic carboxylic acids is 1. The van der Waals surface area contributed by atoms with Crippen LogP contribution in [0.3, 0.4) is 0 Å². The molecule has 0 bridgehead atoms. The molecule has 1 aromatic carbocycles. The quantitative estimate of drug-likeness (QED) is 0.828. The van der Waals surface area contributed by atoms with Crippen LogP contribution in [0.5, 0.6) is 0 Å². The van der Waals surface area contributed by atoms with Crippen LogP contribution >= 0.6 is 0 Å². The van der Waals surface area contributed by atoms with Crippen molar-refractivity contribution in [3.8, 4) is 0 Å². The maximum Gasteiger partial charge on any atom is 0.308 e. The molecule has 1 aromatic heterocycles. The molecule has 5 heteroatoms. The number of hydrogen-bond donors (Lipinski definition) is 2. The third-order valence-corrected chi connectivity index (χ3v) is 4.11. The fraction of sp³-hybridized carbons (Fsp3) is 0.375. The Morgan fingerprint density at radius 2 is 2.24 bits per heavy atom. The number of aryl methyl sites for hydroxylation is 1. The Balaban J connectivity index is 2.06. The summed E-state index contributed by atoms with van der Waals surface area (Å²) < 4.78 is 0. The normalized spacial score (nSPS) is 18.9. The molecule has 0 aliphatic carbocycles. The van der Waals surface area contributed by atoms with Crippen LogP contribution in [-0.2, 0) is 4.79 Å². The lowest BCUT2D eigenvalue weighted by atomic mass is 9.97. The van der Waals surface area contributed by atoms with Crippen molar-refractivity contribution in [3.05, 3.63) is 30.0 Å². The topological polar surface area (TPSA) is 79.5 Å². The summed E-state index contributed by atoms with van der Waals surface area (Å²) in [5.41, 5.74) is 7.91. The van der Waals surface area contributed by atoms with Gasteiger partial charge in [-0.2, -0.15) is 0 Å². The monoisotopic (exact) mass is 285 g/mol. The molecular formula is C16H19N3O2. The number of nitrogens with two attached hydrogens (primary N) is 1. The lowest BCUT2D eigenvalue weighted by molar-refractivity contribution is -0.141. The van der Waals surface area contributed by atoms with Gasteiger partial charge in [-0.25, -0.2) is 4.98 Å². The fourth-order valence-corrected chi connectivity index (χ4v) is 3.07. The van der Waals surface area contributed by atoms with Gasteiger partial charge in [-0.1, -0.05) is 0 Å². The maximum atomic E-state index is 11.2. The van der Waals surface area contributed by atoms with E-state index in [2.05, 4.69) is 16.0 Å². The molecule has 0 spiro atoms. The lowest BCUT2D eigenvalue weighted by Gasteiger charge is -2.32. The van der Waals surface area contributed by atoms with Gasteiger partial charge in [0.2, 0.25) is 0 Å². The van der Waals surface area contributed by atoms with Gasteiger partial charge >= 0.3 is 5.97 Å². The van der Waals surface area contributed by atoms with Gasteiger partial charge in [0.15, 0.2) is 0 Å². The number of carboxylic acids is 1. The predicted molar refractivity (Wildman–Crippen MR) is 83.5 cm³/mol. The lowest BCUT2D eigenvalue weighted by Crippen LogP contribution is -2.39. The zero-order valence-electron chi connectivity index (χ0n) is 12.0. The molecule has 1 fully saturated rings. The number of aromatic nitrogens is 1. The molecule has 1 atom stereocenters. The number of hydrogen-bond acceptors (Lipinski definition) is 4. The minimum Gasteiger partial charge on any atom is -0.481 e. The van der Waals surface area contributed by atoms with Crippen molar-refractivity contribution in [3.63, 3.8) is 0 Å². The van der Waals surface area contributed by atoms with Gasteiger partial charge in [0.25, 0.3) is 0 Å². The van der Waals surface area contributed by atoms with Gasteiger partial charge < -0.3 is 15.7 Å². The summed E-state index contributed by atoms with van der Waals surface area (Å²) in [5, 5.41) is 11.2. The Morgan fingerprint density at radius 3 is 3.00 bits per heavy atom. The Bertz CT molecular complexity index is 699. The molecule has 21 heavy (non-hydrogen) atoms. The van der Waals surface area contributed by atoms with Crippen LogP contribution in [0.4, 0.5) is 11.5 Å². The van der Waals surface area contributed by atoms with Crippen LogP contribution in [-0.4, -0.2) is 29.1 Å². The van der Waals surface area contributed by atoms with Gasteiger partial charge in [0.1, 0.15) is 5.82 Å². The third kappa shape index (κ3) is 2.51. The molecule has 0 radical (unpaired) electrons. The van der Waals surface area contributed by atoms with E-state index in [1.165, 1.54) is 0 Å². The minimum atomic E-state index is -0.726.